The fraction of sp³-hybridized carbons (Fsp3) is 0. The normalized spacial score (nSPS) is 12.5. The molecule has 3 aliphatic carbocycles. The van der Waals surface area contributed by atoms with Crippen LogP contribution in [0.1, 0.15) is 0 Å². The summed E-state index contributed by atoms with van der Waals surface area (Å²) in [5, 5.41) is 29.4. The zero-order valence-electron chi connectivity index (χ0n) is 75.7. The lowest BCUT2D eigenvalue weighted by Gasteiger charge is -2.26. The molecular weight excluding hydrogens is 1760 g/mol. The third kappa shape index (κ3) is 10.5. The molecule has 0 aliphatic heterocycles. The number of hydrogen-bond donors (Lipinski definition) is 0. The van der Waals surface area contributed by atoms with Crippen LogP contribution in [-0.2, 0) is 0 Å². The van der Waals surface area contributed by atoms with Gasteiger partial charge in [0.1, 0.15) is 67.0 Å². The van der Waals surface area contributed by atoms with E-state index in [9.17, 15) is 0 Å². The fourth-order valence-electron chi connectivity index (χ4n) is 25.1. The van der Waals surface area contributed by atoms with Crippen molar-refractivity contribution in [2.75, 3.05) is 4.90 Å². The molecule has 23 aromatic carbocycles. The molecule has 35 rings (SSSR count). The van der Waals surface area contributed by atoms with Gasteiger partial charge in [-0.05, 0) is 241 Å². The quantitative estimate of drug-likeness (QED) is 0.142. The summed E-state index contributed by atoms with van der Waals surface area (Å²) in [7, 11) is 0. The molecule has 0 spiro atoms. The summed E-state index contributed by atoms with van der Waals surface area (Å²) in [4.78, 5) is 2.32. The first-order valence-electron chi connectivity index (χ1n) is 48.4. The molecular formula is C132H71N3O6S. The van der Waals surface area contributed by atoms with E-state index < -0.39 is 0 Å². The van der Waals surface area contributed by atoms with Gasteiger partial charge in [-0.1, -0.05) is 267 Å². The Kier molecular flexibility index (Phi) is 15.3. The molecule has 0 saturated carbocycles. The maximum absolute atomic E-state index is 6.62. The van der Waals surface area contributed by atoms with Crippen molar-refractivity contribution >= 4 is 256 Å². The SMILES string of the molecule is c1cc(-c2ccc3oc4ccc5ccc6oc7cccc8c7c6c5c4c3c2-8)cc(N(c2ccc3c(c2)oc2ccccc23)c2ccc3oc4ccccc4c3c2)c1.c1cc(-c2cccc3oc4ccccc4c23)cc(-n2c3cccc4c3c3c5c(ccc6sc7cccc-4c7c65)ccc32)c1.c1ccc(-c2ccccc2-c2ccccc2-n2c3cccc4c3c3c5c(ccc6oc7cccc-4c7c65)ccc32)cc1. The first-order chi connectivity index (χ1) is 70.4. The van der Waals surface area contributed by atoms with Crippen LogP contribution in [0.25, 0.3) is 317 Å². The second-order valence-corrected chi connectivity index (χ2v) is 39.1. The van der Waals surface area contributed by atoms with Crippen LogP contribution in [-0.4, -0.2) is 9.13 Å². The molecule has 3 aliphatic rings. The topological polar surface area (TPSA) is 91.9 Å². The summed E-state index contributed by atoms with van der Waals surface area (Å²) in [6, 6.07) is 155. The van der Waals surface area contributed by atoms with Crippen molar-refractivity contribution in [2.24, 2.45) is 0 Å². The van der Waals surface area contributed by atoms with Crippen molar-refractivity contribution < 1.29 is 26.5 Å². The summed E-state index contributed by atoms with van der Waals surface area (Å²) in [5.41, 5.74) is 37.9. The van der Waals surface area contributed by atoms with Gasteiger partial charge in [0.25, 0.3) is 0 Å². The number of aromatic nitrogens is 2. The van der Waals surface area contributed by atoms with Gasteiger partial charge >= 0.3 is 0 Å². The lowest BCUT2D eigenvalue weighted by molar-refractivity contribution is 0.668. The van der Waals surface area contributed by atoms with Crippen LogP contribution in [0.5, 0.6) is 0 Å². The molecule has 0 amide bonds. The molecule has 0 unspecified atom stereocenters. The first kappa shape index (κ1) is 76.4. The molecule has 656 valence electrons. The van der Waals surface area contributed by atoms with Gasteiger partial charge in [0, 0.05) is 162 Å². The summed E-state index contributed by atoms with van der Waals surface area (Å²) < 4.78 is 46.2. The molecule has 0 radical (unpaired) electrons. The monoisotopic (exact) mass is 1830 g/mol. The number of anilines is 3. The van der Waals surface area contributed by atoms with E-state index in [0.29, 0.717) is 0 Å². The third-order valence-electron chi connectivity index (χ3n) is 30.8. The van der Waals surface area contributed by atoms with Crippen LogP contribution in [0.2, 0.25) is 0 Å². The highest BCUT2D eigenvalue weighted by atomic mass is 32.1. The number of thiophene rings is 1. The van der Waals surface area contributed by atoms with Gasteiger partial charge in [-0.3, -0.25) is 0 Å². The summed E-state index contributed by atoms with van der Waals surface area (Å²) in [6.45, 7) is 0. The van der Waals surface area contributed by atoms with E-state index in [-0.39, 0.29) is 0 Å². The van der Waals surface area contributed by atoms with Gasteiger partial charge in [-0.2, -0.15) is 0 Å². The van der Waals surface area contributed by atoms with E-state index in [1.807, 2.05) is 41.7 Å². The van der Waals surface area contributed by atoms with Gasteiger partial charge in [0.05, 0.1) is 27.8 Å². The molecule has 9 aromatic heterocycles. The van der Waals surface area contributed by atoms with E-state index in [2.05, 4.69) is 414 Å². The lowest BCUT2D eigenvalue weighted by atomic mass is 9.90. The largest absolute Gasteiger partial charge is 0.456 e. The van der Waals surface area contributed by atoms with E-state index in [1.165, 1.54) is 174 Å². The van der Waals surface area contributed by atoms with Crippen LogP contribution in [0.15, 0.2) is 457 Å². The highest BCUT2D eigenvalue weighted by Crippen LogP contribution is 2.59. The van der Waals surface area contributed by atoms with Crippen LogP contribution < -0.4 is 4.90 Å². The number of rotatable bonds is 9. The van der Waals surface area contributed by atoms with E-state index >= 15 is 0 Å². The van der Waals surface area contributed by atoms with Crippen LogP contribution in [0.3, 0.4) is 0 Å². The van der Waals surface area contributed by atoms with Crippen molar-refractivity contribution in [1.82, 2.24) is 9.13 Å². The standard InChI is InChI=1S/C52H27NO4.C40H21NOS.C40H23NO/c1-3-12-39-34(9-1)36-19-17-32(27-46(36)55-39)53(31-18-23-41-38(26-31)35-10-2-4-13-40(35)54-41)30-8-5-7-29(25-30)33-20-24-45-52-48(33)37-11-6-14-42-49(37)50-43(56-42)21-15-28-16-22-44(57-45)51(52)47(28)50;1-2-14-31-28(9-1)36-25(10-5-15-32(36)42-31)23-7-3-8-24(21-23)41-29-13-4-11-26-27-12-6-16-33-38(27)40-34(43-33)20-18-22-17-19-30(41)39(35(22)40)37(26)29;1-2-10-24(11-3-1)26-12-4-5-13-27(26)28-14-6-7-17-31(28)41-32-18-8-15-29-30-16-9-19-34-38(30)40-35(42-34)23-21-25-20-22-33(41)39(36(25)40)37(29)32/h1-27H;1-21H;1-23H. The Morgan fingerprint density at radius 3 is 1.32 bits per heavy atom. The Hall–Kier alpha value is -18.7. The second kappa shape index (κ2) is 28.5. The minimum Gasteiger partial charge on any atom is -0.456 e. The van der Waals surface area contributed by atoms with Gasteiger partial charge < -0.3 is 40.5 Å². The predicted octanol–water partition coefficient (Wildman–Crippen LogP) is 38.6. The molecule has 0 saturated heterocycles. The number of nitrogens with zero attached hydrogens (tertiary/aromatic N) is 3. The zero-order chi connectivity index (χ0) is 92.1. The third-order valence-corrected chi connectivity index (χ3v) is 31.9. The van der Waals surface area contributed by atoms with Crippen molar-refractivity contribution in [3.05, 3.63) is 431 Å². The van der Waals surface area contributed by atoms with E-state index in [1.54, 1.807) is 0 Å². The summed E-state index contributed by atoms with van der Waals surface area (Å²) in [6.07, 6.45) is 0. The maximum atomic E-state index is 6.62. The molecule has 0 fully saturated rings. The van der Waals surface area contributed by atoms with E-state index in [0.717, 1.165) is 160 Å². The molecule has 9 nitrogen and oxygen atoms in total. The highest BCUT2D eigenvalue weighted by molar-refractivity contribution is 7.26. The Bertz CT molecular complexity index is 11300. The van der Waals surface area contributed by atoms with Crippen LogP contribution >= 0.6 is 11.3 Å². The van der Waals surface area contributed by atoms with Gasteiger partial charge in [-0.15, -0.1) is 11.3 Å². The number of para-hydroxylation sites is 4. The fourth-order valence-corrected chi connectivity index (χ4v) is 26.2. The van der Waals surface area contributed by atoms with Crippen molar-refractivity contribution in [1.29, 1.82) is 0 Å². The van der Waals surface area contributed by atoms with Gasteiger partial charge in [0.2, 0.25) is 0 Å². The maximum Gasteiger partial charge on any atom is 0.137 e. The average molecular weight is 1830 g/mol. The number of fused-ring (bicyclic) bond motifs is 12. The Morgan fingerprint density at radius 2 is 0.592 bits per heavy atom. The minimum absolute atomic E-state index is 0.841. The molecule has 142 heavy (non-hydrogen) atoms. The van der Waals surface area contributed by atoms with Crippen LogP contribution in [0.4, 0.5) is 17.1 Å². The molecule has 32 aromatic rings. The smallest absolute Gasteiger partial charge is 0.137 e. The van der Waals surface area contributed by atoms with Crippen molar-refractivity contribution in [3.63, 3.8) is 0 Å². The highest BCUT2D eigenvalue weighted by Gasteiger charge is 2.33. The molecule has 0 atom stereocenters. The molecule has 9 heterocycles. The minimum atomic E-state index is 0.841. The number of benzene rings is 23. The Morgan fingerprint density at radius 1 is 0.176 bits per heavy atom. The Balaban J connectivity index is 0.0000000956. The van der Waals surface area contributed by atoms with E-state index in [4.69, 9.17) is 26.5 Å². The predicted molar refractivity (Wildman–Crippen MR) is 590 cm³/mol. The summed E-state index contributed by atoms with van der Waals surface area (Å²) >= 11 is 1.91. The second-order valence-electron chi connectivity index (χ2n) is 38.0. The lowest BCUT2D eigenvalue weighted by Crippen LogP contribution is -2.10. The Labute approximate surface area is 810 Å². The average Bonchev–Trinajstić information content (AvgIpc) is 1.54. The van der Waals surface area contributed by atoms with Gasteiger partial charge in [-0.25, -0.2) is 0 Å². The van der Waals surface area contributed by atoms with Gasteiger partial charge in [0.15, 0.2) is 0 Å². The molecule has 10 heteroatoms. The number of furan rings is 6. The van der Waals surface area contributed by atoms with Crippen molar-refractivity contribution in [2.45, 2.75) is 0 Å². The zero-order valence-corrected chi connectivity index (χ0v) is 76.5. The number of hydrogen-bond acceptors (Lipinski definition) is 8. The van der Waals surface area contributed by atoms with Crippen LogP contribution in [0, 0.1) is 0 Å². The summed E-state index contributed by atoms with van der Waals surface area (Å²) in [5.74, 6) is 0. The molecule has 0 bridgehead atoms. The van der Waals surface area contributed by atoms with Crippen molar-refractivity contribution in [3.8, 4) is 89.3 Å². The molecule has 0 N–H and O–H groups in total. The first-order valence-corrected chi connectivity index (χ1v) is 49.2.